The van der Waals surface area contributed by atoms with E-state index in [9.17, 15) is 4.79 Å². The maximum absolute atomic E-state index is 11.7. The third-order valence-electron chi connectivity index (χ3n) is 4.15. The van der Waals surface area contributed by atoms with Crippen LogP contribution in [-0.4, -0.2) is 55.0 Å². The van der Waals surface area contributed by atoms with Crippen LogP contribution in [0.4, 0.5) is 0 Å². The summed E-state index contributed by atoms with van der Waals surface area (Å²) in [6, 6.07) is 0.404. The second kappa shape index (κ2) is 10.5. The molecule has 0 radical (unpaired) electrons. The number of nitrogens with two attached hydrogens (primary N) is 1. The van der Waals surface area contributed by atoms with E-state index >= 15 is 0 Å². The molecule has 0 spiro atoms. The smallest absolute Gasteiger partial charge is 0.236 e. The lowest BCUT2D eigenvalue weighted by atomic mass is 9.94. The summed E-state index contributed by atoms with van der Waals surface area (Å²) in [4.78, 5) is 14.2. The summed E-state index contributed by atoms with van der Waals surface area (Å²) in [5.41, 5.74) is 5.83. The van der Waals surface area contributed by atoms with Crippen LogP contribution in [0.1, 0.15) is 44.9 Å². The molecule has 3 N–H and O–H groups in total. The molecule has 1 fully saturated rings. The van der Waals surface area contributed by atoms with Gasteiger partial charge in [-0.3, -0.25) is 4.79 Å². The van der Waals surface area contributed by atoms with Crippen LogP contribution in [0.2, 0.25) is 0 Å². The minimum absolute atomic E-state index is 0.000584. The van der Waals surface area contributed by atoms with Gasteiger partial charge in [0.05, 0.1) is 6.04 Å². The monoisotopic (exact) mass is 301 g/mol. The first-order valence-electron chi connectivity index (χ1n) is 7.87. The van der Waals surface area contributed by atoms with Gasteiger partial charge in [0.25, 0.3) is 0 Å². The van der Waals surface area contributed by atoms with Gasteiger partial charge in [-0.15, -0.1) is 0 Å². The van der Waals surface area contributed by atoms with E-state index in [2.05, 4.69) is 17.3 Å². The predicted molar refractivity (Wildman–Crippen MR) is 88.1 cm³/mol. The summed E-state index contributed by atoms with van der Waals surface area (Å²) < 4.78 is 0. The lowest BCUT2D eigenvalue weighted by Gasteiger charge is -2.31. The van der Waals surface area contributed by atoms with E-state index < -0.39 is 0 Å². The standard InChI is InChI=1S/C15H31N3OS/c1-18(13-7-4-3-5-8-13)11-6-10-17-15(19)14(16)9-12-20-2/h13-14H,3-12,16H2,1-2H3,(H,17,19)/t14-/m0/s1. The first-order chi connectivity index (χ1) is 9.65. The molecular formula is C15H31N3OS. The van der Waals surface area contributed by atoms with Gasteiger partial charge in [0.1, 0.15) is 0 Å². The van der Waals surface area contributed by atoms with E-state index in [-0.39, 0.29) is 11.9 Å². The minimum atomic E-state index is -0.349. The maximum atomic E-state index is 11.7. The Labute approximate surface area is 128 Å². The quantitative estimate of drug-likeness (QED) is 0.638. The average molecular weight is 302 g/mol. The number of hydrogen-bond acceptors (Lipinski definition) is 4. The first kappa shape index (κ1) is 17.8. The predicted octanol–water partition coefficient (Wildman–Crippen LogP) is 1.84. The zero-order chi connectivity index (χ0) is 14.8. The van der Waals surface area contributed by atoms with E-state index in [1.165, 1.54) is 32.1 Å². The maximum Gasteiger partial charge on any atom is 0.236 e. The molecule has 20 heavy (non-hydrogen) atoms. The molecule has 0 aromatic heterocycles. The van der Waals surface area contributed by atoms with Gasteiger partial charge in [-0.1, -0.05) is 19.3 Å². The Morgan fingerprint density at radius 1 is 1.40 bits per heavy atom. The SMILES string of the molecule is CSCC[C@H](N)C(=O)NCCCN(C)C1CCCCC1. The van der Waals surface area contributed by atoms with Crippen molar-refractivity contribution in [1.29, 1.82) is 0 Å². The van der Waals surface area contributed by atoms with Crippen molar-refractivity contribution in [3.63, 3.8) is 0 Å². The molecule has 0 heterocycles. The number of carbonyl (C=O) groups excluding carboxylic acids is 1. The molecule has 4 nitrogen and oxygen atoms in total. The highest BCUT2D eigenvalue weighted by molar-refractivity contribution is 7.98. The summed E-state index contributed by atoms with van der Waals surface area (Å²) in [6.07, 6.45) is 10.6. The molecule has 1 aliphatic carbocycles. The Bertz CT molecular complexity index is 270. The highest BCUT2D eigenvalue weighted by Crippen LogP contribution is 2.21. The van der Waals surface area contributed by atoms with Gasteiger partial charge in [-0.25, -0.2) is 0 Å². The van der Waals surface area contributed by atoms with Crippen LogP contribution in [0.15, 0.2) is 0 Å². The first-order valence-corrected chi connectivity index (χ1v) is 9.27. The fourth-order valence-corrected chi connectivity index (χ4v) is 3.24. The Morgan fingerprint density at radius 2 is 2.10 bits per heavy atom. The zero-order valence-electron chi connectivity index (χ0n) is 13.1. The van der Waals surface area contributed by atoms with Crippen LogP contribution in [0, 0.1) is 0 Å². The van der Waals surface area contributed by atoms with Gasteiger partial charge in [0, 0.05) is 12.6 Å². The van der Waals surface area contributed by atoms with Crippen molar-refractivity contribution < 1.29 is 4.79 Å². The van der Waals surface area contributed by atoms with Gasteiger partial charge in [-0.05, 0) is 51.3 Å². The summed E-state index contributed by atoms with van der Waals surface area (Å²) in [7, 11) is 2.21. The van der Waals surface area contributed by atoms with E-state index in [0.29, 0.717) is 0 Å². The van der Waals surface area contributed by atoms with Gasteiger partial charge in [0.2, 0.25) is 5.91 Å². The minimum Gasteiger partial charge on any atom is -0.355 e. The van der Waals surface area contributed by atoms with E-state index in [4.69, 9.17) is 5.73 Å². The molecule has 0 saturated heterocycles. The fourth-order valence-electron chi connectivity index (χ4n) is 2.75. The van der Waals surface area contributed by atoms with Crippen LogP contribution >= 0.6 is 11.8 Å². The summed E-state index contributed by atoms with van der Waals surface area (Å²) in [5.74, 6) is 0.943. The Kier molecular flexibility index (Phi) is 9.31. The van der Waals surface area contributed by atoms with Crippen molar-refractivity contribution in [3.8, 4) is 0 Å². The van der Waals surface area contributed by atoms with Crippen molar-refractivity contribution in [3.05, 3.63) is 0 Å². The molecule has 5 heteroatoms. The normalized spacial score (nSPS) is 18.2. The molecular weight excluding hydrogens is 270 g/mol. The fraction of sp³-hybridized carbons (Fsp3) is 0.933. The number of rotatable bonds is 9. The van der Waals surface area contributed by atoms with E-state index in [0.717, 1.165) is 37.7 Å². The van der Waals surface area contributed by atoms with Gasteiger partial charge in [-0.2, -0.15) is 11.8 Å². The van der Waals surface area contributed by atoms with Crippen molar-refractivity contribution >= 4 is 17.7 Å². The largest absolute Gasteiger partial charge is 0.355 e. The lowest BCUT2D eigenvalue weighted by molar-refractivity contribution is -0.122. The number of nitrogens with zero attached hydrogens (tertiary/aromatic N) is 1. The second-order valence-electron chi connectivity index (χ2n) is 5.80. The second-order valence-corrected chi connectivity index (χ2v) is 6.79. The van der Waals surface area contributed by atoms with Crippen molar-refractivity contribution in [2.24, 2.45) is 5.73 Å². The van der Waals surface area contributed by atoms with Gasteiger partial charge >= 0.3 is 0 Å². The molecule has 1 saturated carbocycles. The van der Waals surface area contributed by atoms with Crippen LogP contribution in [0.5, 0.6) is 0 Å². The zero-order valence-corrected chi connectivity index (χ0v) is 13.9. The molecule has 0 aromatic carbocycles. The highest BCUT2D eigenvalue weighted by Gasteiger charge is 2.17. The molecule has 1 amide bonds. The number of carbonyl (C=O) groups is 1. The molecule has 0 bridgehead atoms. The Balaban J connectivity index is 2.06. The van der Waals surface area contributed by atoms with Crippen LogP contribution in [-0.2, 0) is 4.79 Å². The molecule has 1 rings (SSSR count). The van der Waals surface area contributed by atoms with E-state index in [1.807, 2.05) is 6.26 Å². The topological polar surface area (TPSA) is 58.4 Å². The van der Waals surface area contributed by atoms with Crippen LogP contribution < -0.4 is 11.1 Å². The van der Waals surface area contributed by atoms with Crippen LogP contribution in [0.3, 0.4) is 0 Å². The van der Waals surface area contributed by atoms with Crippen molar-refractivity contribution in [2.45, 2.75) is 57.0 Å². The molecule has 118 valence electrons. The molecule has 0 unspecified atom stereocenters. The third kappa shape index (κ3) is 6.95. The molecule has 0 aliphatic heterocycles. The molecule has 1 aliphatic rings. The van der Waals surface area contributed by atoms with E-state index in [1.54, 1.807) is 11.8 Å². The number of thioether (sulfide) groups is 1. The highest BCUT2D eigenvalue weighted by atomic mass is 32.2. The Morgan fingerprint density at radius 3 is 2.75 bits per heavy atom. The van der Waals surface area contributed by atoms with Gasteiger partial charge < -0.3 is 16.0 Å². The molecule has 1 atom stereocenters. The van der Waals surface area contributed by atoms with Crippen molar-refractivity contribution in [1.82, 2.24) is 10.2 Å². The summed E-state index contributed by atoms with van der Waals surface area (Å²) in [5, 5.41) is 2.95. The number of nitrogens with one attached hydrogen (secondary N) is 1. The summed E-state index contributed by atoms with van der Waals surface area (Å²) >= 11 is 1.73. The number of hydrogen-bond donors (Lipinski definition) is 2. The van der Waals surface area contributed by atoms with Gasteiger partial charge in [0.15, 0.2) is 0 Å². The lowest BCUT2D eigenvalue weighted by Crippen LogP contribution is -2.42. The molecule has 0 aromatic rings. The summed E-state index contributed by atoms with van der Waals surface area (Å²) in [6.45, 7) is 1.80. The number of amides is 1. The van der Waals surface area contributed by atoms with Crippen molar-refractivity contribution in [2.75, 3.05) is 32.1 Å². The third-order valence-corrected chi connectivity index (χ3v) is 4.80. The Hall–Kier alpha value is -0.260. The average Bonchev–Trinajstić information content (AvgIpc) is 2.49. The van der Waals surface area contributed by atoms with Crippen LogP contribution in [0.25, 0.3) is 0 Å².